The zero-order chi connectivity index (χ0) is 9.73. The van der Waals surface area contributed by atoms with Gasteiger partial charge in [-0.05, 0) is 18.8 Å². The van der Waals surface area contributed by atoms with Crippen molar-refractivity contribution in [1.29, 1.82) is 0 Å². The van der Waals surface area contributed by atoms with Gasteiger partial charge in [0.05, 0.1) is 0 Å². The van der Waals surface area contributed by atoms with Crippen LogP contribution in [0.5, 0.6) is 0 Å². The molecule has 0 heterocycles. The van der Waals surface area contributed by atoms with Crippen molar-refractivity contribution in [3.8, 4) is 0 Å². The Morgan fingerprint density at radius 1 is 1.31 bits per heavy atom. The molecule has 1 aliphatic carbocycles. The highest BCUT2D eigenvalue weighted by atomic mass is 16.1. The molecule has 1 radical (unpaired) electrons. The van der Waals surface area contributed by atoms with Gasteiger partial charge in [-0.25, -0.2) is 0 Å². The van der Waals surface area contributed by atoms with E-state index in [0.717, 1.165) is 12.8 Å². The lowest BCUT2D eigenvalue weighted by Gasteiger charge is -2.36. The number of carbonyl (C=O) groups excluding carboxylic acids is 1. The average molecular weight is 181 g/mol. The summed E-state index contributed by atoms with van der Waals surface area (Å²) in [4.78, 5) is 11.1. The van der Waals surface area contributed by atoms with E-state index >= 15 is 0 Å². The molecule has 0 N–H and O–H groups in total. The molecule has 0 aromatic heterocycles. The van der Waals surface area contributed by atoms with E-state index in [4.69, 9.17) is 0 Å². The average Bonchev–Trinajstić information content (AvgIpc) is 2.19. The van der Waals surface area contributed by atoms with Crippen molar-refractivity contribution in [2.45, 2.75) is 58.8 Å². The Labute approximate surface area is 81.9 Å². The quantitative estimate of drug-likeness (QED) is 0.649. The van der Waals surface area contributed by atoms with Gasteiger partial charge in [0.15, 0.2) is 0 Å². The molecule has 0 aromatic rings. The van der Waals surface area contributed by atoms with Gasteiger partial charge >= 0.3 is 0 Å². The van der Waals surface area contributed by atoms with Crippen LogP contribution < -0.4 is 0 Å². The standard InChI is InChI=1S/C12H21O/c1-3-7-11(2)12(10-13)8-5-4-6-9-12/h11H,3-9H2,1-2H3. The van der Waals surface area contributed by atoms with Crippen molar-refractivity contribution in [3.63, 3.8) is 0 Å². The molecule has 0 amide bonds. The molecule has 1 fully saturated rings. The van der Waals surface area contributed by atoms with Crippen LogP contribution in [0.2, 0.25) is 0 Å². The van der Waals surface area contributed by atoms with Crippen LogP contribution in [0.15, 0.2) is 0 Å². The SMILES string of the molecule is CCCC(C)C1([C]=O)CCCCC1. The number of rotatable bonds is 4. The Balaban J connectivity index is 2.60. The maximum Gasteiger partial charge on any atom is 0.205 e. The van der Waals surface area contributed by atoms with Gasteiger partial charge in [0.2, 0.25) is 6.29 Å². The Morgan fingerprint density at radius 3 is 2.38 bits per heavy atom. The van der Waals surface area contributed by atoms with E-state index in [2.05, 4.69) is 20.1 Å². The highest BCUT2D eigenvalue weighted by molar-refractivity contribution is 5.61. The van der Waals surface area contributed by atoms with Gasteiger partial charge < -0.3 is 0 Å². The minimum Gasteiger partial charge on any atom is -0.290 e. The first-order valence-corrected chi connectivity index (χ1v) is 5.64. The van der Waals surface area contributed by atoms with Crippen molar-refractivity contribution >= 4 is 6.29 Å². The second-order valence-electron chi connectivity index (χ2n) is 4.51. The van der Waals surface area contributed by atoms with Gasteiger partial charge in [-0.15, -0.1) is 0 Å². The zero-order valence-electron chi connectivity index (χ0n) is 8.94. The van der Waals surface area contributed by atoms with Gasteiger partial charge in [0, 0.05) is 5.41 Å². The van der Waals surface area contributed by atoms with E-state index < -0.39 is 0 Å². The molecule has 0 aromatic carbocycles. The minimum absolute atomic E-state index is 0.0751. The van der Waals surface area contributed by atoms with E-state index in [1.54, 1.807) is 0 Å². The summed E-state index contributed by atoms with van der Waals surface area (Å²) in [6, 6.07) is 0. The molecular weight excluding hydrogens is 160 g/mol. The van der Waals surface area contributed by atoms with Crippen molar-refractivity contribution in [2.24, 2.45) is 11.3 Å². The number of hydrogen-bond donors (Lipinski definition) is 0. The molecule has 75 valence electrons. The predicted molar refractivity (Wildman–Crippen MR) is 55.3 cm³/mol. The van der Waals surface area contributed by atoms with Crippen molar-refractivity contribution in [2.75, 3.05) is 0 Å². The molecule has 0 saturated heterocycles. The summed E-state index contributed by atoms with van der Waals surface area (Å²) in [5.74, 6) is 0.537. The summed E-state index contributed by atoms with van der Waals surface area (Å²) in [6.07, 6.45) is 10.6. The maximum atomic E-state index is 11.1. The van der Waals surface area contributed by atoms with Crippen molar-refractivity contribution in [1.82, 2.24) is 0 Å². The lowest BCUT2D eigenvalue weighted by atomic mass is 9.66. The summed E-state index contributed by atoms with van der Waals surface area (Å²) in [5.41, 5.74) is -0.0751. The predicted octanol–water partition coefficient (Wildman–Crippen LogP) is 3.48. The summed E-state index contributed by atoms with van der Waals surface area (Å²) in [7, 11) is 0. The van der Waals surface area contributed by atoms with Crippen LogP contribution in [0.1, 0.15) is 58.8 Å². The highest BCUT2D eigenvalue weighted by Crippen LogP contribution is 2.42. The van der Waals surface area contributed by atoms with Gasteiger partial charge in [-0.1, -0.05) is 46.0 Å². The summed E-state index contributed by atoms with van der Waals surface area (Å²) >= 11 is 0. The second-order valence-corrected chi connectivity index (χ2v) is 4.51. The van der Waals surface area contributed by atoms with Crippen LogP contribution >= 0.6 is 0 Å². The molecule has 1 heteroatoms. The van der Waals surface area contributed by atoms with E-state index in [-0.39, 0.29) is 5.41 Å². The zero-order valence-corrected chi connectivity index (χ0v) is 8.94. The topological polar surface area (TPSA) is 17.1 Å². The molecule has 1 unspecified atom stereocenters. The van der Waals surface area contributed by atoms with E-state index in [9.17, 15) is 4.79 Å². The Bertz CT molecular complexity index is 157. The lowest BCUT2D eigenvalue weighted by Crippen LogP contribution is -2.32. The summed E-state index contributed by atoms with van der Waals surface area (Å²) in [6.45, 7) is 4.41. The largest absolute Gasteiger partial charge is 0.290 e. The Hall–Kier alpha value is -0.330. The van der Waals surface area contributed by atoms with Crippen LogP contribution in [-0.4, -0.2) is 6.29 Å². The fraction of sp³-hybridized carbons (Fsp3) is 0.917. The monoisotopic (exact) mass is 181 g/mol. The molecule has 1 rings (SSSR count). The van der Waals surface area contributed by atoms with Crippen LogP contribution in [0.25, 0.3) is 0 Å². The second kappa shape index (κ2) is 4.78. The van der Waals surface area contributed by atoms with Crippen molar-refractivity contribution in [3.05, 3.63) is 0 Å². The van der Waals surface area contributed by atoms with Gasteiger partial charge in [0.25, 0.3) is 0 Å². The van der Waals surface area contributed by atoms with Gasteiger partial charge in [-0.3, -0.25) is 4.79 Å². The molecule has 0 bridgehead atoms. The third-order valence-corrected chi connectivity index (χ3v) is 3.61. The molecule has 13 heavy (non-hydrogen) atoms. The number of hydrogen-bond acceptors (Lipinski definition) is 1. The smallest absolute Gasteiger partial charge is 0.205 e. The molecule has 0 spiro atoms. The minimum atomic E-state index is -0.0751. The van der Waals surface area contributed by atoms with Crippen LogP contribution in [0, 0.1) is 11.3 Å². The van der Waals surface area contributed by atoms with Gasteiger partial charge in [0.1, 0.15) is 0 Å². The lowest BCUT2D eigenvalue weighted by molar-refractivity contribution is 0.176. The third kappa shape index (κ3) is 2.32. The first-order chi connectivity index (χ1) is 6.25. The van der Waals surface area contributed by atoms with E-state index in [0.29, 0.717) is 5.92 Å². The molecule has 1 nitrogen and oxygen atoms in total. The van der Waals surface area contributed by atoms with Gasteiger partial charge in [-0.2, -0.15) is 0 Å². The van der Waals surface area contributed by atoms with E-state index in [1.165, 1.54) is 32.1 Å². The fourth-order valence-electron chi connectivity index (χ4n) is 2.59. The summed E-state index contributed by atoms with van der Waals surface area (Å²) in [5, 5.41) is 0. The maximum absolute atomic E-state index is 11.1. The molecule has 1 saturated carbocycles. The first kappa shape index (κ1) is 10.7. The Kier molecular flexibility index (Phi) is 3.95. The van der Waals surface area contributed by atoms with Crippen molar-refractivity contribution < 1.29 is 4.79 Å². The van der Waals surface area contributed by atoms with Crippen LogP contribution in [0.4, 0.5) is 0 Å². The normalized spacial score (nSPS) is 23.8. The van der Waals surface area contributed by atoms with Crippen LogP contribution in [-0.2, 0) is 4.79 Å². The van der Waals surface area contributed by atoms with E-state index in [1.807, 2.05) is 0 Å². The first-order valence-electron chi connectivity index (χ1n) is 5.64. The van der Waals surface area contributed by atoms with Crippen LogP contribution in [0.3, 0.4) is 0 Å². The fourth-order valence-corrected chi connectivity index (χ4v) is 2.59. The molecular formula is C12H21O. The molecule has 1 aliphatic rings. The third-order valence-electron chi connectivity index (χ3n) is 3.61. The molecule has 1 atom stereocenters. The highest BCUT2D eigenvalue weighted by Gasteiger charge is 2.37. The summed E-state index contributed by atoms with van der Waals surface area (Å²) < 4.78 is 0. The molecule has 0 aliphatic heterocycles. The Morgan fingerprint density at radius 2 is 1.92 bits per heavy atom.